The van der Waals surface area contributed by atoms with Crippen LogP contribution in [0.3, 0.4) is 0 Å². The minimum Gasteiger partial charge on any atom is -0.504 e. The maximum atomic E-state index is 13.2. The Morgan fingerprint density at radius 1 is 1.26 bits per heavy atom. The van der Waals surface area contributed by atoms with E-state index in [9.17, 15) is 9.90 Å². The first-order valence-electron chi connectivity index (χ1n) is 7.45. The fraction of sp³-hybridized carbons (Fsp3) is 0.235. The van der Waals surface area contributed by atoms with Crippen molar-refractivity contribution in [1.82, 2.24) is 0 Å². The van der Waals surface area contributed by atoms with Crippen molar-refractivity contribution in [1.29, 1.82) is 0 Å². The Morgan fingerprint density at radius 2 is 2.04 bits per heavy atom. The SMILES string of the molecule is COc1cc2c(cc1O)N(P)CC1Cc3ccccc3N1C2=O. The van der Waals surface area contributed by atoms with E-state index in [0.29, 0.717) is 23.5 Å². The van der Waals surface area contributed by atoms with Crippen molar-refractivity contribution in [3.05, 3.63) is 47.5 Å². The smallest absolute Gasteiger partial charge is 0.260 e. The molecule has 0 aromatic heterocycles. The third-order valence-electron chi connectivity index (χ3n) is 4.54. The van der Waals surface area contributed by atoms with E-state index in [1.807, 2.05) is 27.8 Å². The number of aromatic hydroxyl groups is 1. The van der Waals surface area contributed by atoms with Gasteiger partial charge in [-0.15, -0.1) is 0 Å². The number of rotatable bonds is 1. The van der Waals surface area contributed by atoms with Crippen molar-refractivity contribution in [2.75, 3.05) is 23.2 Å². The van der Waals surface area contributed by atoms with E-state index in [1.54, 1.807) is 12.1 Å². The van der Waals surface area contributed by atoms with Crippen LogP contribution in [0.2, 0.25) is 0 Å². The van der Waals surface area contributed by atoms with Crippen molar-refractivity contribution >= 4 is 26.7 Å². The molecule has 1 amide bonds. The van der Waals surface area contributed by atoms with Gasteiger partial charge in [-0.3, -0.25) is 4.79 Å². The molecular formula is C17H17N2O3P. The Labute approximate surface area is 136 Å². The first kappa shape index (κ1) is 14.3. The van der Waals surface area contributed by atoms with E-state index in [1.165, 1.54) is 12.7 Å². The zero-order valence-electron chi connectivity index (χ0n) is 12.7. The van der Waals surface area contributed by atoms with Crippen molar-refractivity contribution in [3.8, 4) is 11.5 Å². The van der Waals surface area contributed by atoms with Gasteiger partial charge in [-0.25, -0.2) is 0 Å². The highest BCUT2D eigenvalue weighted by Crippen LogP contribution is 2.42. The van der Waals surface area contributed by atoms with E-state index < -0.39 is 0 Å². The number of fused-ring (bicyclic) bond motifs is 4. The molecule has 2 aliphatic heterocycles. The Bertz CT molecular complexity index is 808. The van der Waals surface area contributed by atoms with E-state index in [2.05, 4.69) is 15.5 Å². The lowest BCUT2D eigenvalue weighted by atomic mass is 10.1. The number of phenols is 1. The number of carbonyl (C=O) groups is 1. The van der Waals surface area contributed by atoms with E-state index >= 15 is 0 Å². The predicted molar refractivity (Wildman–Crippen MR) is 92.5 cm³/mol. The van der Waals surface area contributed by atoms with Gasteiger partial charge in [0.1, 0.15) is 0 Å². The highest BCUT2D eigenvalue weighted by Gasteiger charge is 2.39. The third-order valence-corrected chi connectivity index (χ3v) is 5.02. The molecule has 2 atom stereocenters. The molecule has 0 saturated carbocycles. The van der Waals surface area contributed by atoms with Crippen LogP contribution in [0.5, 0.6) is 11.5 Å². The molecule has 1 N–H and O–H groups in total. The average molecular weight is 328 g/mol. The molecule has 0 aliphatic carbocycles. The number of hydrogen-bond donors (Lipinski definition) is 1. The molecule has 0 bridgehead atoms. The Kier molecular flexibility index (Phi) is 3.20. The lowest BCUT2D eigenvalue weighted by molar-refractivity contribution is 0.0983. The quantitative estimate of drug-likeness (QED) is 0.818. The number of para-hydroxylation sites is 1. The number of ether oxygens (including phenoxy) is 1. The highest BCUT2D eigenvalue weighted by molar-refractivity contribution is 7.19. The molecule has 0 radical (unpaired) electrons. The van der Waals surface area contributed by atoms with Crippen LogP contribution < -0.4 is 14.3 Å². The fourth-order valence-electron chi connectivity index (χ4n) is 3.47. The Balaban J connectivity index is 1.89. The fourth-order valence-corrected chi connectivity index (χ4v) is 3.92. The average Bonchev–Trinajstić information content (AvgIpc) is 2.87. The summed E-state index contributed by atoms with van der Waals surface area (Å²) >= 11 is 0. The number of methoxy groups -OCH3 is 1. The number of anilines is 2. The topological polar surface area (TPSA) is 53.0 Å². The van der Waals surface area contributed by atoms with E-state index in [-0.39, 0.29) is 17.7 Å². The van der Waals surface area contributed by atoms with Crippen LogP contribution in [-0.2, 0) is 6.42 Å². The lowest BCUT2D eigenvalue weighted by Crippen LogP contribution is -2.40. The Morgan fingerprint density at radius 3 is 2.83 bits per heavy atom. The van der Waals surface area contributed by atoms with Crippen molar-refractivity contribution < 1.29 is 14.6 Å². The van der Waals surface area contributed by atoms with Gasteiger partial charge in [0.2, 0.25) is 0 Å². The molecule has 2 aliphatic rings. The molecule has 0 saturated heterocycles. The summed E-state index contributed by atoms with van der Waals surface area (Å²) in [7, 11) is 4.13. The summed E-state index contributed by atoms with van der Waals surface area (Å²) < 4.78 is 7.12. The maximum absolute atomic E-state index is 13.2. The van der Waals surface area contributed by atoms with Crippen LogP contribution in [0.25, 0.3) is 0 Å². The van der Waals surface area contributed by atoms with Gasteiger partial charge in [0, 0.05) is 18.3 Å². The highest BCUT2D eigenvalue weighted by atomic mass is 31.0. The van der Waals surface area contributed by atoms with Crippen LogP contribution in [-0.4, -0.2) is 30.7 Å². The molecule has 5 nitrogen and oxygen atoms in total. The van der Waals surface area contributed by atoms with Gasteiger partial charge >= 0.3 is 0 Å². The van der Waals surface area contributed by atoms with Crippen molar-refractivity contribution in [3.63, 3.8) is 0 Å². The largest absolute Gasteiger partial charge is 0.504 e. The van der Waals surface area contributed by atoms with Crippen LogP contribution >= 0.6 is 9.39 Å². The second-order valence-electron chi connectivity index (χ2n) is 5.86. The first-order valence-corrected chi connectivity index (χ1v) is 7.96. The number of carbonyl (C=O) groups excluding carboxylic acids is 1. The minimum absolute atomic E-state index is 0.0361. The molecule has 23 heavy (non-hydrogen) atoms. The zero-order valence-corrected chi connectivity index (χ0v) is 13.8. The number of hydrogen-bond acceptors (Lipinski definition) is 4. The molecule has 0 fully saturated rings. The molecule has 4 rings (SSSR count). The van der Waals surface area contributed by atoms with Gasteiger partial charge in [-0.1, -0.05) is 18.2 Å². The van der Waals surface area contributed by atoms with E-state index in [4.69, 9.17) is 4.74 Å². The molecule has 6 heteroatoms. The second-order valence-corrected chi connectivity index (χ2v) is 6.48. The molecule has 2 heterocycles. The first-order chi connectivity index (χ1) is 11.1. The van der Waals surface area contributed by atoms with Gasteiger partial charge in [-0.2, -0.15) is 0 Å². The summed E-state index contributed by atoms with van der Waals surface area (Å²) in [6, 6.07) is 11.3. The molecule has 118 valence electrons. The number of amides is 1. The predicted octanol–water partition coefficient (Wildman–Crippen LogP) is 2.58. The molecule has 2 unspecified atom stereocenters. The van der Waals surface area contributed by atoms with E-state index in [0.717, 1.165) is 12.1 Å². The summed E-state index contributed by atoms with van der Waals surface area (Å²) in [6.07, 6.45) is 0.837. The number of nitrogens with zero attached hydrogens (tertiary/aromatic N) is 2. The van der Waals surface area contributed by atoms with Crippen molar-refractivity contribution in [2.24, 2.45) is 0 Å². The lowest BCUT2D eigenvalue weighted by Gasteiger charge is -2.24. The Hall–Kier alpha value is -2.26. The van der Waals surface area contributed by atoms with Crippen LogP contribution in [0.4, 0.5) is 11.4 Å². The van der Waals surface area contributed by atoms with Crippen LogP contribution in [0, 0.1) is 0 Å². The summed E-state index contributed by atoms with van der Waals surface area (Å²) in [6.45, 7) is 0.684. The monoisotopic (exact) mass is 328 g/mol. The summed E-state index contributed by atoms with van der Waals surface area (Å²) in [5.74, 6) is 0.286. The normalized spacial score (nSPS) is 19.0. The van der Waals surface area contributed by atoms with Crippen LogP contribution in [0.15, 0.2) is 36.4 Å². The second kappa shape index (κ2) is 5.14. The molecule has 0 spiro atoms. The minimum atomic E-state index is -0.0572. The number of benzene rings is 2. The summed E-state index contributed by atoms with van der Waals surface area (Å²) in [4.78, 5) is 15.0. The molecule has 2 aromatic carbocycles. The van der Waals surface area contributed by atoms with Gasteiger partial charge in [0.15, 0.2) is 11.5 Å². The van der Waals surface area contributed by atoms with Gasteiger partial charge in [-0.05, 0) is 33.5 Å². The molecule has 2 aromatic rings. The summed E-state index contributed by atoms with van der Waals surface area (Å²) in [5.41, 5.74) is 3.40. The van der Waals surface area contributed by atoms with Crippen molar-refractivity contribution in [2.45, 2.75) is 12.5 Å². The number of phenolic OH excluding ortho intramolecular Hbond substituents is 1. The maximum Gasteiger partial charge on any atom is 0.260 e. The standard InChI is InChI=1S/C17H17N2O3P/c1-22-16-7-12-14(8-15(16)20)18(23)9-11-6-10-4-2-3-5-13(10)19(11)17(12)21/h2-5,7-8,11,20H,6,9,23H2,1H3. The third kappa shape index (κ3) is 2.07. The van der Waals surface area contributed by atoms with Gasteiger partial charge < -0.3 is 19.4 Å². The summed E-state index contributed by atoms with van der Waals surface area (Å²) in [5, 5.41) is 10.0. The van der Waals surface area contributed by atoms with Crippen LogP contribution in [0.1, 0.15) is 15.9 Å². The molecular weight excluding hydrogens is 311 g/mol. The zero-order chi connectivity index (χ0) is 16.1. The van der Waals surface area contributed by atoms with Gasteiger partial charge in [0.25, 0.3) is 5.91 Å². The van der Waals surface area contributed by atoms with Gasteiger partial charge in [0.05, 0.1) is 24.4 Å².